The van der Waals surface area contributed by atoms with Crippen molar-refractivity contribution in [1.29, 1.82) is 0 Å². The molecule has 0 N–H and O–H groups in total. The largest absolute Gasteiger partial charge is 0.242 e. The van der Waals surface area contributed by atoms with Crippen LogP contribution in [0.1, 0.15) is 47.2 Å². The Bertz CT molecular complexity index is 1020. The van der Waals surface area contributed by atoms with Crippen LogP contribution < -0.4 is 0 Å². The van der Waals surface area contributed by atoms with Crippen LogP contribution in [0.2, 0.25) is 16.6 Å². The van der Waals surface area contributed by atoms with Gasteiger partial charge in [0, 0.05) is 4.47 Å². The number of hydrogen-bond acceptors (Lipinski definition) is 3. The van der Waals surface area contributed by atoms with E-state index in [-0.39, 0.29) is 0 Å². The Morgan fingerprint density at radius 2 is 1.46 bits per heavy atom. The Labute approximate surface area is 182 Å². The Kier molecular flexibility index (Phi) is 6.43. The summed E-state index contributed by atoms with van der Waals surface area (Å²) in [5.74, 6) is 3.53. The van der Waals surface area contributed by atoms with Crippen LogP contribution >= 0.6 is 27.3 Å². The zero-order valence-electron chi connectivity index (χ0n) is 17.4. The maximum absolute atomic E-state index is 4.94. The minimum atomic E-state index is -1.84. The topological polar surface area (TPSA) is 25.8 Å². The highest BCUT2D eigenvalue weighted by Gasteiger charge is 2.41. The van der Waals surface area contributed by atoms with Crippen LogP contribution in [0.5, 0.6) is 0 Å². The van der Waals surface area contributed by atoms with E-state index in [4.69, 9.17) is 9.97 Å². The summed E-state index contributed by atoms with van der Waals surface area (Å²) >= 11 is 5.34. The van der Waals surface area contributed by atoms with E-state index in [9.17, 15) is 0 Å². The van der Waals surface area contributed by atoms with Gasteiger partial charge in [-0.3, -0.25) is 0 Å². The van der Waals surface area contributed by atoms with Crippen LogP contribution in [-0.4, -0.2) is 18.0 Å². The molecule has 0 amide bonds. The Hall–Kier alpha value is -1.48. The van der Waals surface area contributed by atoms with E-state index in [0.717, 1.165) is 31.8 Å². The molecule has 0 unspecified atom stereocenters. The van der Waals surface area contributed by atoms with E-state index in [2.05, 4.69) is 80.4 Å². The lowest BCUT2D eigenvalue weighted by molar-refractivity contribution is 0.838. The fourth-order valence-electron chi connectivity index (χ4n) is 4.31. The molecule has 1 aromatic carbocycles. The van der Waals surface area contributed by atoms with Crippen molar-refractivity contribution in [3.8, 4) is 22.0 Å². The normalized spacial score (nSPS) is 12.1. The Morgan fingerprint density at radius 1 is 0.893 bits per heavy atom. The molecule has 28 heavy (non-hydrogen) atoms. The van der Waals surface area contributed by atoms with Crippen LogP contribution in [0.15, 0.2) is 40.2 Å². The first-order valence-electron chi connectivity index (χ1n) is 9.80. The second kappa shape index (κ2) is 8.48. The zero-order valence-corrected chi connectivity index (χ0v) is 20.8. The van der Waals surface area contributed by atoms with Crippen molar-refractivity contribution in [3.05, 3.63) is 45.9 Å². The monoisotopic (exact) mass is 470 g/mol. The van der Waals surface area contributed by atoms with E-state index in [0.29, 0.717) is 16.6 Å². The smallest absolute Gasteiger partial charge is 0.146 e. The van der Waals surface area contributed by atoms with Gasteiger partial charge < -0.3 is 0 Å². The van der Waals surface area contributed by atoms with Crippen LogP contribution in [0.4, 0.5) is 0 Å². The third kappa shape index (κ3) is 3.83. The summed E-state index contributed by atoms with van der Waals surface area (Å²) in [7, 11) is -1.84. The molecule has 5 heteroatoms. The predicted molar refractivity (Wildman–Crippen MR) is 128 cm³/mol. The lowest BCUT2D eigenvalue weighted by Gasteiger charge is -2.38. The number of thiophene rings is 1. The van der Waals surface area contributed by atoms with Crippen LogP contribution in [-0.2, 0) is 0 Å². The maximum Gasteiger partial charge on any atom is 0.146 e. The maximum atomic E-state index is 4.94. The molecule has 0 aliphatic heterocycles. The molecule has 2 heterocycles. The lowest BCUT2D eigenvalue weighted by Crippen LogP contribution is -2.43. The van der Waals surface area contributed by atoms with Crippen LogP contribution in [0, 0.1) is 11.5 Å². The summed E-state index contributed by atoms with van der Waals surface area (Å²) < 4.78 is 1.05. The highest BCUT2D eigenvalue weighted by atomic mass is 79.9. The van der Waals surface area contributed by atoms with E-state index < -0.39 is 8.07 Å². The number of fused-ring (bicyclic) bond motifs is 1. The molecule has 3 rings (SSSR count). The van der Waals surface area contributed by atoms with Gasteiger partial charge in [0.05, 0.1) is 15.9 Å². The van der Waals surface area contributed by atoms with Gasteiger partial charge in [0.2, 0.25) is 0 Å². The van der Waals surface area contributed by atoms with E-state index in [1.807, 2.05) is 24.3 Å². The molecule has 2 nitrogen and oxygen atoms in total. The average molecular weight is 472 g/mol. The van der Waals surface area contributed by atoms with Gasteiger partial charge in [-0.25, -0.2) is 9.97 Å². The van der Waals surface area contributed by atoms with Crippen molar-refractivity contribution >= 4 is 46.4 Å². The molecule has 0 radical (unpaired) electrons. The van der Waals surface area contributed by atoms with Gasteiger partial charge in [0.25, 0.3) is 0 Å². The van der Waals surface area contributed by atoms with Crippen LogP contribution in [0.3, 0.4) is 0 Å². The van der Waals surface area contributed by atoms with Gasteiger partial charge in [-0.05, 0) is 56.1 Å². The lowest BCUT2D eigenvalue weighted by atomic mass is 10.2. The summed E-state index contributed by atoms with van der Waals surface area (Å²) in [6.07, 6.45) is 0. The molecule has 3 aromatic rings. The minimum absolute atomic E-state index is 0.588. The first-order valence-corrected chi connectivity index (χ1v) is 13.7. The molecule has 0 atom stereocenters. The molecule has 2 aromatic heterocycles. The molecule has 0 saturated heterocycles. The first kappa shape index (κ1) is 21.2. The first-order chi connectivity index (χ1) is 13.3. The molecule has 0 saturated carbocycles. The molecule has 0 aliphatic carbocycles. The molecule has 0 bridgehead atoms. The number of nitrogens with zero attached hydrogens (tertiary/aromatic N) is 2. The summed E-state index contributed by atoms with van der Waals surface area (Å²) in [5, 5.41) is 2.07. The van der Waals surface area contributed by atoms with Gasteiger partial charge in [0.15, 0.2) is 0 Å². The van der Waals surface area contributed by atoms with Crippen molar-refractivity contribution in [3.63, 3.8) is 0 Å². The third-order valence-corrected chi connectivity index (χ3v) is 13.8. The van der Waals surface area contributed by atoms with Crippen LogP contribution in [0.25, 0.3) is 21.6 Å². The second-order valence-electron chi connectivity index (χ2n) is 8.15. The summed E-state index contributed by atoms with van der Waals surface area (Å²) in [6, 6.07) is 10.1. The number of benzene rings is 1. The highest BCUT2D eigenvalue weighted by Crippen LogP contribution is 2.41. The van der Waals surface area contributed by atoms with E-state index in [1.54, 1.807) is 11.3 Å². The quantitative estimate of drug-likeness (QED) is 0.288. The summed E-state index contributed by atoms with van der Waals surface area (Å²) in [5.41, 5.74) is 9.05. The standard InChI is InChI=1S/C23H27BrN2SSi/c1-15(2)28(16(3)4,17(5)6)14-12-21-22(23-18(24)11-13-27-23)26-20-10-8-7-9-19(20)25-21/h7-11,13,15-17H,1-6H3. The van der Waals surface area contributed by atoms with Crippen molar-refractivity contribution in [2.75, 3.05) is 0 Å². The molecule has 0 aliphatic rings. The summed E-state index contributed by atoms with van der Waals surface area (Å²) in [4.78, 5) is 11.0. The Balaban J connectivity index is 2.26. The summed E-state index contributed by atoms with van der Waals surface area (Å²) in [6.45, 7) is 14.0. The van der Waals surface area contributed by atoms with Crippen molar-refractivity contribution in [1.82, 2.24) is 9.97 Å². The van der Waals surface area contributed by atoms with Gasteiger partial charge >= 0.3 is 0 Å². The predicted octanol–water partition coefficient (Wildman–Crippen LogP) is 7.69. The van der Waals surface area contributed by atoms with Gasteiger partial charge in [-0.1, -0.05) is 59.6 Å². The molecular formula is C23H27BrN2SSi. The molecular weight excluding hydrogens is 444 g/mol. The van der Waals surface area contributed by atoms with E-state index >= 15 is 0 Å². The van der Waals surface area contributed by atoms with Crippen molar-refractivity contribution < 1.29 is 0 Å². The minimum Gasteiger partial charge on any atom is -0.242 e. The fourth-order valence-corrected chi connectivity index (χ4v) is 11.1. The van der Waals surface area contributed by atoms with E-state index in [1.165, 1.54) is 0 Å². The van der Waals surface area contributed by atoms with Crippen molar-refractivity contribution in [2.24, 2.45) is 0 Å². The van der Waals surface area contributed by atoms with Gasteiger partial charge in [-0.2, -0.15) is 0 Å². The highest BCUT2D eigenvalue weighted by molar-refractivity contribution is 9.10. The zero-order chi connectivity index (χ0) is 20.5. The molecule has 0 fully saturated rings. The number of aromatic nitrogens is 2. The number of halogens is 1. The Morgan fingerprint density at radius 3 is 1.96 bits per heavy atom. The molecule has 0 spiro atoms. The van der Waals surface area contributed by atoms with Crippen molar-refractivity contribution in [2.45, 2.75) is 58.2 Å². The fraction of sp³-hybridized carbons (Fsp3) is 0.391. The average Bonchev–Trinajstić information content (AvgIpc) is 3.06. The SMILES string of the molecule is CC(C)[Si](C#Cc1nc2ccccc2nc1-c1sccc1Br)(C(C)C)C(C)C. The third-order valence-electron chi connectivity index (χ3n) is 5.67. The van der Waals surface area contributed by atoms with Gasteiger partial charge in [0.1, 0.15) is 19.5 Å². The van der Waals surface area contributed by atoms with Gasteiger partial charge in [-0.15, -0.1) is 16.9 Å². The number of rotatable bonds is 4. The second-order valence-corrected chi connectivity index (χ2v) is 15.5. The number of para-hydroxylation sites is 2. The molecule has 146 valence electrons. The number of hydrogen-bond donors (Lipinski definition) is 0.